The Morgan fingerprint density at radius 3 is 2.25 bits per heavy atom. The highest BCUT2D eigenvalue weighted by Crippen LogP contribution is 2.22. The molecule has 0 aliphatic carbocycles. The Bertz CT molecular complexity index is 1000. The number of fused-ring (bicyclic) bond motifs is 1. The Morgan fingerprint density at radius 1 is 1.07 bits per heavy atom. The average molecular weight is 392 g/mol. The van der Waals surface area contributed by atoms with Crippen LogP contribution in [0.4, 0.5) is 14.7 Å². The fraction of sp³-hybridized carbons (Fsp3) is 0.316. The molecule has 7 nitrogen and oxygen atoms in total. The predicted molar refractivity (Wildman–Crippen MR) is 103 cm³/mol. The monoisotopic (exact) mass is 392 g/mol. The van der Waals surface area contributed by atoms with E-state index in [-0.39, 0.29) is 24.8 Å². The number of hydrogen-bond donors (Lipinski definition) is 3. The fourth-order valence-corrected chi connectivity index (χ4v) is 2.58. The van der Waals surface area contributed by atoms with Gasteiger partial charge in [-0.25, -0.2) is 13.8 Å². The second-order valence-corrected chi connectivity index (χ2v) is 5.65. The Labute approximate surface area is 160 Å². The van der Waals surface area contributed by atoms with Crippen molar-refractivity contribution in [3.8, 4) is 5.69 Å². The van der Waals surface area contributed by atoms with Gasteiger partial charge in [-0.15, -0.1) is 0 Å². The molecule has 0 aliphatic heterocycles. The van der Waals surface area contributed by atoms with Crippen LogP contribution in [0.2, 0.25) is 0 Å². The molecule has 0 spiro atoms. The van der Waals surface area contributed by atoms with Crippen LogP contribution in [0.5, 0.6) is 0 Å². The van der Waals surface area contributed by atoms with Crippen molar-refractivity contribution in [1.29, 1.82) is 0 Å². The SMILES string of the molecule is CC.Cc1nc(NC(CO)CO)nc2c1ccc(=O)n2-c1c(F)cccc1F. The largest absolute Gasteiger partial charge is 0.394 e. The second kappa shape index (κ2) is 9.34. The van der Waals surface area contributed by atoms with Crippen LogP contribution in [-0.4, -0.2) is 44.0 Å². The number of pyridine rings is 1. The number of aliphatic hydroxyl groups excluding tert-OH is 2. The van der Waals surface area contributed by atoms with Gasteiger partial charge in [0, 0.05) is 11.5 Å². The van der Waals surface area contributed by atoms with E-state index in [4.69, 9.17) is 0 Å². The van der Waals surface area contributed by atoms with Gasteiger partial charge in [0.2, 0.25) is 5.95 Å². The zero-order valence-electron chi connectivity index (χ0n) is 15.8. The van der Waals surface area contributed by atoms with Crippen molar-refractivity contribution in [1.82, 2.24) is 14.5 Å². The molecule has 1 aromatic carbocycles. The van der Waals surface area contributed by atoms with E-state index in [9.17, 15) is 23.8 Å². The zero-order chi connectivity index (χ0) is 20.8. The Kier molecular flexibility index (Phi) is 7.13. The molecule has 0 bridgehead atoms. The first-order valence-electron chi connectivity index (χ1n) is 8.79. The van der Waals surface area contributed by atoms with Gasteiger partial charge in [-0.3, -0.25) is 9.36 Å². The van der Waals surface area contributed by atoms with Crippen LogP contribution in [-0.2, 0) is 0 Å². The van der Waals surface area contributed by atoms with Crippen LogP contribution in [0.15, 0.2) is 35.1 Å². The Balaban J connectivity index is 0.00000136. The molecule has 2 aromatic heterocycles. The number of aryl methyl sites for hydroxylation is 1. The molecule has 0 aliphatic rings. The number of rotatable bonds is 5. The summed E-state index contributed by atoms with van der Waals surface area (Å²) in [6, 6.07) is 5.23. The standard InChI is InChI=1S/C17H16F2N4O3.C2H6/c1-9-11-5-6-14(26)23(15-12(18)3-2-4-13(15)19)16(11)22-17(20-9)21-10(7-24)8-25;1-2/h2-6,10,24-25H,7-8H2,1H3,(H,20,21,22);1-2H3. The van der Waals surface area contributed by atoms with Gasteiger partial charge >= 0.3 is 0 Å². The predicted octanol–water partition coefficient (Wildman–Crippen LogP) is 2.16. The molecule has 2 heterocycles. The average Bonchev–Trinajstić information content (AvgIpc) is 2.69. The molecule has 28 heavy (non-hydrogen) atoms. The minimum atomic E-state index is -0.908. The number of aromatic nitrogens is 3. The summed E-state index contributed by atoms with van der Waals surface area (Å²) in [5.41, 5.74) is -0.733. The summed E-state index contributed by atoms with van der Waals surface area (Å²) in [6.07, 6.45) is 0. The van der Waals surface area contributed by atoms with Crippen molar-refractivity contribution in [2.75, 3.05) is 18.5 Å². The molecule has 150 valence electrons. The van der Waals surface area contributed by atoms with Crippen LogP contribution in [0.1, 0.15) is 19.5 Å². The van der Waals surface area contributed by atoms with E-state index in [1.54, 1.807) is 6.92 Å². The minimum Gasteiger partial charge on any atom is -0.394 e. The van der Waals surface area contributed by atoms with E-state index in [2.05, 4.69) is 15.3 Å². The molecule has 0 amide bonds. The molecule has 3 rings (SSSR count). The summed E-state index contributed by atoms with van der Waals surface area (Å²) in [7, 11) is 0. The number of halogens is 2. The van der Waals surface area contributed by atoms with Crippen LogP contribution < -0.4 is 10.9 Å². The summed E-state index contributed by atoms with van der Waals surface area (Å²) in [6.45, 7) is 4.90. The van der Waals surface area contributed by atoms with E-state index in [1.807, 2.05) is 13.8 Å². The lowest BCUT2D eigenvalue weighted by molar-refractivity contribution is 0.203. The minimum absolute atomic E-state index is 0.00568. The molecule has 3 aromatic rings. The second-order valence-electron chi connectivity index (χ2n) is 5.65. The quantitative estimate of drug-likeness (QED) is 0.615. The maximum absolute atomic E-state index is 14.2. The summed E-state index contributed by atoms with van der Waals surface area (Å²) in [5.74, 6) is -1.80. The first kappa shape index (κ1) is 21.4. The number of aliphatic hydroxyl groups is 2. The third-order valence-electron chi connectivity index (χ3n) is 3.88. The van der Waals surface area contributed by atoms with Gasteiger partial charge in [0.25, 0.3) is 5.56 Å². The smallest absolute Gasteiger partial charge is 0.256 e. The van der Waals surface area contributed by atoms with Crippen LogP contribution in [0.25, 0.3) is 16.7 Å². The summed E-state index contributed by atoms with van der Waals surface area (Å²) < 4.78 is 29.3. The van der Waals surface area contributed by atoms with Crippen molar-refractivity contribution in [2.24, 2.45) is 0 Å². The Morgan fingerprint density at radius 2 is 1.68 bits per heavy atom. The molecule has 0 saturated heterocycles. The van der Waals surface area contributed by atoms with Crippen molar-refractivity contribution in [2.45, 2.75) is 26.8 Å². The van der Waals surface area contributed by atoms with Crippen LogP contribution in [0, 0.1) is 18.6 Å². The van der Waals surface area contributed by atoms with E-state index < -0.39 is 28.9 Å². The van der Waals surface area contributed by atoms with Crippen molar-refractivity contribution < 1.29 is 19.0 Å². The van der Waals surface area contributed by atoms with Gasteiger partial charge in [-0.1, -0.05) is 19.9 Å². The maximum atomic E-state index is 14.2. The third kappa shape index (κ3) is 4.15. The molecule has 0 fully saturated rings. The summed E-state index contributed by atoms with van der Waals surface area (Å²) >= 11 is 0. The number of nitrogens with zero attached hydrogens (tertiary/aromatic N) is 3. The molecular weight excluding hydrogens is 370 g/mol. The fourth-order valence-electron chi connectivity index (χ4n) is 2.58. The molecule has 9 heteroatoms. The highest BCUT2D eigenvalue weighted by molar-refractivity contribution is 5.80. The normalized spacial score (nSPS) is 10.7. The van der Waals surface area contributed by atoms with Crippen molar-refractivity contribution in [3.63, 3.8) is 0 Å². The molecule has 0 atom stereocenters. The van der Waals surface area contributed by atoms with E-state index in [0.29, 0.717) is 11.1 Å². The van der Waals surface area contributed by atoms with Crippen LogP contribution in [0.3, 0.4) is 0 Å². The Hall–Kier alpha value is -2.91. The van der Waals surface area contributed by atoms with Crippen molar-refractivity contribution in [3.05, 3.63) is 58.0 Å². The molecule has 0 unspecified atom stereocenters. The molecular formula is C19H22F2N4O3. The first-order valence-corrected chi connectivity index (χ1v) is 8.79. The number of anilines is 1. The van der Waals surface area contributed by atoms with E-state index in [0.717, 1.165) is 16.7 Å². The zero-order valence-corrected chi connectivity index (χ0v) is 15.8. The van der Waals surface area contributed by atoms with Gasteiger partial charge in [0.1, 0.15) is 17.3 Å². The van der Waals surface area contributed by atoms with E-state index in [1.165, 1.54) is 18.2 Å². The van der Waals surface area contributed by atoms with Gasteiger partial charge < -0.3 is 15.5 Å². The maximum Gasteiger partial charge on any atom is 0.256 e. The van der Waals surface area contributed by atoms with E-state index >= 15 is 0 Å². The number of nitrogens with one attached hydrogen (secondary N) is 1. The highest BCUT2D eigenvalue weighted by Gasteiger charge is 2.18. The summed E-state index contributed by atoms with van der Waals surface area (Å²) in [5, 5.41) is 21.5. The third-order valence-corrected chi connectivity index (χ3v) is 3.88. The lowest BCUT2D eigenvalue weighted by atomic mass is 10.2. The van der Waals surface area contributed by atoms with Gasteiger partial charge in [0.05, 0.1) is 24.9 Å². The first-order chi connectivity index (χ1) is 13.5. The van der Waals surface area contributed by atoms with Gasteiger partial charge in [0.15, 0.2) is 5.65 Å². The van der Waals surface area contributed by atoms with Gasteiger partial charge in [-0.05, 0) is 25.1 Å². The number of hydrogen-bond acceptors (Lipinski definition) is 6. The van der Waals surface area contributed by atoms with Gasteiger partial charge in [-0.2, -0.15) is 4.98 Å². The van der Waals surface area contributed by atoms with Crippen molar-refractivity contribution >= 4 is 17.0 Å². The number of para-hydroxylation sites is 1. The highest BCUT2D eigenvalue weighted by atomic mass is 19.1. The summed E-state index contributed by atoms with van der Waals surface area (Å²) in [4.78, 5) is 20.7. The molecule has 3 N–H and O–H groups in total. The lowest BCUT2D eigenvalue weighted by Gasteiger charge is -2.16. The molecule has 0 saturated carbocycles. The van der Waals surface area contributed by atoms with Crippen LogP contribution >= 0.6 is 0 Å². The lowest BCUT2D eigenvalue weighted by Crippen LogP contribution is -2.29. The number of benzene rings is 1. The molecule has 0 radical (unpaired) electrons. The topological polar surface area (TPSA) is 100 Å².